The Morgan fingerprint density at radius 2 is 2.26 bits per heavy atom. The van der Waals surface area contributed by atoms with Crippen LogP contribution in [-0.2, 0) is 17.8 Å². The number of carbonyl (C=O) groups excluding carboxylic acids is 1. The molecule has 104 valence electrons. The van der Waals surface area contributed by atoms with Crippen molar-refractivity contribution in [1.82, 2.24) is 4.90 Å². The first-order valence-electron chi connectivity index (χ1n) is 6.88. The largest absolute Gasteiger partial charge is 0.330 e. The van der Waals surface area contributed by atoms with Crippen LogP contribution in [0, 0.1) is 5.92 Å². The van der Waals surface area contributed by atoms with Crippen LogP contribution >= 0.6 is 0 Å². The number of hydrogen-bond donors (Lipinski definition) is 2. The smallest absolute Gasteiger partial charge is 0.228 e. The lowest BCUT2D eigenvalue weighted by atomic mass is 10.1. The van der Waals surface area contributed by atoms with E-state index in [1.54, 1.807) is 0 Å². The molecular weight excluding hydrogens is 238 g/mol. The molecule has 1 atom stereocenters. The Kier molecular flexibility index (Phi) is 4.56. The topological polar surface area (TPSA) is 58.4 Å². The van der Waals surface area contributed by atoms with Crippen molar-refractivity contribution in [1.29, 1.82) is 0 Å². The highest BCUT2D eigenvalue weighted by Crippen LogP contribution is 2.24. The van der Waals surface area contributed by atoms with Crippen LogP contribution in [0.15, 0.2) is 18.2 Å². The first-order valence-corrected chi connectivity index (χ1v) is 6.88. The van der Waals surface area contributed by atoms with Crippen molar-refractivity contribution < 1.29 is 4.79 Å². The van der Waals surface area contributed by atoms with E-state index in [1.165, 1.54) is 5.56 Å². The molecule has 1 aliphatic heterocycles. The summed E-state index contributed by atoms with van der Waals surface area (Å²) >= 11 is 0. The van der Waals surface area contributed by atoms with Gasteiger partial charge in [-0.1, -0.05) is 19.1 Å². The van der Waals surface area contributed by atoms with Crippen LogP contribution < -0.4 is 11.1 Å². The van der Waals surface area contributed by atoms with Gasteiger partial charge in [-0.2, -0.15) is 0 Å². The van der Waals surface area contributed by atoms with Gasteiger partial charge < -0.3 is 16.0 Å². The van der Waals surface area contributed by atoms with Crippen LogP contribution in [0.25, 0.3) is 0 Å². The molecular formula is C15H23N3O. The van der Waals surface area contributed by atoms with Crippen molar-refractivity contribution in [2.75, 3.05) is 25.5 Å². The normalized spacial score (nSPS) is 15.5. The van der Waals surface area contributed by atoms with E-state index in [4.69, 9.17) is 5.73 Å². The molecule has 4 nitrogen and oxygen atoms in total. The number of hydrogen-bond acceptors (Lipinski definition) is 3. The maximum atomic E-state index is 11.3. The van der Waals surface area contributed by atoms with E-state index in [0.29, 0.717) is 12.3 Å². The molecule has 0 spiro atoms. The summed E-state index contributed by atoms with van der Waals surface area (Å²) in [5, 5.41) is 2.86. The molecule has 1 amide bonds. The molecule has 4 heteroatoms. The zero-order valence-corrected chi connectivity index (χ0v) is 11.8. The van der Waals surface area contributed by atoms with Gasteiger partial charge in [-0.3, -0.25) is 4.79 Å². The van der Waals surface area contributed by atoms with E-state index in [0.717, 1.165) is 37.3 Å². The molecule has 1 aromatic rings. The number of nitrogens with one attached hydrogen (secondary N) is 1. The summed E-state index contributed by atoms with van der Waals surface area (Å²) < 4.78 is 0. The Bertz CT molecular complexity index is 459. The zero-order valence-electron chi connectivity index (χ0n) is 11.8. The minimum atomic E-state index is 0.0945. The average molecular weight is 261 g/mol. The van der Waals surface area contributed by atoms with Gasteiger partial charge in [0.15, 0.2) is 0 Å². The molecule has 1 heterocycles. The summed E-state index contributed by atoms with van der Waals surface area (Å²) in [6.07, 6.45) is 1.57. The minimum absolute atomic E-state index is 0.0945. The molecule has 0 saturated heterocycles. The van der Waals surface area contributed by atoms with Crippen LogP contribution in [0.2, 0.25) is 0 Å². The van der Waals surface area contributed by atoms with Gasteiger partial charge >= 0.3 is 0 Å². The highest BCUT2D eigenvalue weighted by atomic mass is 16.1. The van der Waals surface area contributed by atoms with Crippen LogP contribution in [0.5, 0.6) is 0 Å². The van der Waals surface area contributed by atoms with Crippen molar-refractivity contribution in [2.24, 2.45) is 11.7 Å². The summed E-state index contributed by atoms with van der Waals surface area (Å²) in [6, 6.07) is 6.23. The predicted octanol–water partition coefficient (Wildman–Crippen LogP) is 1.60. The number of benzene rings is 1. The highest BCUT2D eigenvalue weighted by Gasteiger charge is 2.17. The molecule has 1 aromatic carbocycles. The molecule has 0 bridgehead atoms. The third kappa shape index (κ3) is 3.78. The van der Waals surface area contributed by atoms with Crippen molar-refractivity contribution >= 4 is 11.6 Å². The van der Waals surface area contributed by atoms with E-state index < -0.39 is 0 Å². The number of carbonyl (C=O) groups is 1. The van der Waals surface area contributed by atoms with Gasteiger partial charge in [-0.05, 0) is 43.1 Å². The van der Waals surface area contributed by atoms with E-state index in [2.05, 4.69) is 36.3 Å². The second-order valence-electron chi connectivity index (χ2n) is 5.60. The molecule has 3 N–H and O–H groups in total. The van der Waals surface area contributed by atoms with Gasteiger partial charge in [-0.25, -0.2) is 0 Å². The fourth-order valence-corrected chi connectivity index (χ4v) is 2.67. The van der Waals surface area contributed by atoms with E-state index in [-0.39, 0.29) is 5.91 Å². The van der Waals surface area contributed by atoms with Crippen molar-refractivity contribution in [3.05, 3.63) is 29.3 Å². The Hall–Kier alpha value is -1.39. The van der Waals surface area contributed by atoms with E-state index >= 15 is 0 Å². The Morgan fingerprint density at radius 3 is 3.00 bits per heavy atom. The van der Waals surface area contributed by atoms with Gasteiger partial charge in [0.05, 0.1) is 6.42 Å². The number of nitrogens with zero attached hydrogens (tertiary/aromatic N) is 1. The molecule has 19 heavy (non-hydrogen) atoms. The van der Waals surface area contributed by atoms with Gasteiger partial charge in [0.25, 0.3) is 0 Å². The SMILES string of the molecule is CC(CCN)CN(C)Cc1ccc2c(c1)CC(=O)N2. The molecule has 1 aliphatic rings. The second-order valence-corrected chi connectivity index (χ2v) is 5.60. The number of anilines is 1. The van der Waals surface area contributed by atoms with Crippen molar-refractivity contribution in [3.8, 4) is 0 Å². The van der Waals surface area contributed by atoms with Crippen LogP contribution in [-0.4, -0.2) is 30.9 Å². The standard InChI is InChI=1S/C15H23N3O/c1-11(5-6-16)9-18(2)10-12-3-4-14-13(7-12)8-15(19)17-14/h3-4,7,11H,5-6,8-10,16H2,1-2H3,(H,17,19). The minimum Gasteiger partial charge on any atom is -0.330 e. The molecule has 2 rings (SSSR count). The van der Waals surface area contributed by atoms with Crippen LogP contribution in [0.3, 0.4) is 0 Å². The summed E-state index contributed by atoms with van der Waals surface area (Å²) in [7, 11) is 2.13. The first kappa shape index (κ1) is 14.0. The lowest BCUT2D eigenvalue weighted by Crippen LogP contribution is -2.25. The Balaban J connectivity index is 1.93. The molecule has 0 fully saturated rings. The lowest BCUT2D eigenvalue weighted by molar-refractivity contribution is -0.115. The predicted molar refractivity (Wildman–Crippen MR) is 77.9 cm³/mol. The van der Waals surface area contributed by atoms with Crippen LogP contribution in [0.4, 0.5) is 5.69 Å². The Morgan fingerprint density at radius 1 is 1.47 bits per heavy atom. The average Bonchev–Trinajstić information content (AvgIpc) is 2.68. The monoisotopic (exact) mass is 261 g/mol. The maximum Gasteiger partial charge on any atom is 0.228 e. The van der Waals surface area contributed by atoms with Gasteiger partial charge in [0, 0.05) is 18.8 Å². The number of amides is 1. The number of fused-ring (bicyclic) bond motifs is 1. The number of nitrogens with two attached hydrogens (primary N) is 1. The third-order valence-electron chi connectivity index (χ3n) is 3.53. The molecule has 0 aliphatic carbocycles. The molecule has 0 saturated carbocycles. The molecule has 0 aromatic heterocycles. The first-order chi connectivity index (χ1) is 9.08. The highest BCUT2D eigenvalue weighted by molar-refractivity contribution is 5.99. The maximum absolute atomic E-state index is 11.3. The van der Waals surface area contributed by atoms with E-state index in [9.17, 15) is 4.79 Å². The fourth-order valence-electron chi connectivity index (χ4n) is 2.67. The van der Waals surface area contributed by atoms with Gasteiger partial charge in [0.1, 0.15) is 0 Å². The van der Waals surface area contributed by atoms with Gasteiger partial charge in [-0.15, -0.1) is 0 Å². The van der Waals surface area contributed by atoms with Crippen molar-refractivity contribution in [2.45, 2.75) is 26.3 Å². The summed E-state index contributed by atoms with van der Waals surface area (Å²) in [6.45, 7) is 4.94. The van der Waals surface area contributed by atoms with Crippen molar-refractivity contribution in [3.63, 3.8) is 0 Å². The Labute approximate surface area is 115 Å². The summed E-state index contributed by atoms with van der Waals surface area (Å²) in [5.74, 6) is 0.713. The number of rotatable bonds is 6. The zero-order chi connectivity index (χ0) is 13.8. The third-order valence-corrected chi connectivity index (χ3v) is 3.53. The molecule has 1 unspecified atom stereocenters. The fraction of sp³-hybridized carbons (Fsp3) is 0.533. The summed E-state index contributed by atoms with van der Waals surface area (Å²) in [5.41, 5.74) is 8.92. The van der Waals surface area contributed by atoms with Crippen LogP contribution in [0.1, 0.15) is 24.5 Å². The molecule has 0 radical (unpaired) electrons. The quantitative estimate of drug-likeness (QED) is 0.817. The van der Waals surface area contributed by atoms with Gasteiger partial charge in [0.2, 0.25) is 5.91 Å². The summed E-state index contributed by atoms with van der Waals surface area (Å²) in [4.78, 5) is 13.6. The second kappa shape index (κ2) is 6.17. The lowest BCUT2D eigenvalue weighted by Gasteiger charge is -2.21. The van der Waals surface area contributed by atoms with E-state index in [1.807, 2.05) is 6.07 Å².